The van der Waals surface area contributed by atoms with Gasteiger partial charge in [0, 0.05) is 29.1 Å². The zero-order chi connectivity index (χ0) is 20.5. The molecule has 1 aliphatic heterocycles. The van der Waals surface area contributed by atoms with E-state index in [1.54, 1.807) is 23.3 Å². The quantitative estimate of drug-likeness (QED) is 0.510. The monoisotopic (exact) mass is 412 g/mol. The van der Waals surface area contributed by atoms with Crippen LogP contribution in [0.3, 0.4) is 0 Å². The lowest BCUT2D eigenvalue weighted by molar-refractivity contribution is -0.131. The number of hydrogen-bond donors (Lipinski definition) is 1. The van der Waals surface area contributed by atoms with Crippen LogP contribution in [0.15, 0.2) is 90.4 Å². The number of carbonyl (C=O) groups is 1. The Morgan fingerprint density at radius 3 is 2.40 bits per heavy atom. The maximum absolute atomic E-state index is 12.3. The molecular formula is C24H20N4OS. The molecule has 1 aliphatic rings. The van der Waals surface area contributed by atoms with Gasteiger partial charge >= 0.3 is 0 Å². The van der Waals surface area contributed by atoms with Crippen LogP contribution in [-0.2, 0) is 4.79 Å². The molecule has 30 heavy (non-hydrogen) atoms. The number of benzene rings is 2. The Morgan fingerprint density at radius 2 is 1.73 bits per heavy atom. The van der Waals surface area contributed by atoms with Gasteiger partial charge < -0.3 is 0 Å². The van der Waals surface area contributed by atoms with E-state index in [9.17, 15) is 4.79 Å². The van der Waals surface area contributed by atoms with Crippen LogP contribution in [-0.4, -0.2) is 20.7 Å². The predicted octanol–water partition coefficient (Wildman–Crippen LogP) is 5.05. The molecule has 0 fully saturated rings. The van der Waals surface area contributed by atoms with Crippen molar-refractivity contribution in [3.8, 4) is 16.9 Å². The van der Waals surface area contributed by atoms with E-state index in [-0.39, 0.29) is 11.9 Å². The summed E-state index contributed by atoms with van der Waals surface area (Å²) in [5, 5.41) is 8.59. The van der Waals surface area contributed by atoms with Gasteiger partial charge in [0.05, 0.1) is 11.4 Å². The van der Waals surface area contributed by atoms with E-state index < -0.39 is 0 Å². The lowest BCUT2D eigenvalue weighted by atomic mass is 10.1. The molecule has 0 spiro atoms. The fraction of sp³-hybridized carbons (Fsp3) is 0.0833. The lowest BCUT2D eigenvalue weighted by Gasteiger charge is -2.22. The first-order chi connectivity index (χ1) is 14.7. The maximum Gasteiger partial charge on any atom is 0.238 e. The summed E-state index contributed by atoms with van der Waals surface area (Å²) in [4.78, 5) is 13.4. The number of nitrogens with one attached hydrogen (secondary N) is 1. The molecule has 0 bridgehead atoms. The maximum atomic E-state index is 12.3. The molecule has 0 saturated carbocycles. The highest BCUT2D eigenvalue weighted by Crippen LogP contribution is 2.36. The van der Waals surface area contributed by atoms with Crippen LogP contribution in [0.1, 0.15) is 23.4 Å². The van der Waals surface area contributed by atoms with Gasteiger partial charge in [-0.15, -0.1) is 11.3 Å². The highest BCUT2D eigenvalue weighted by Gasteiger charge is 2.31. The van der Waals surface area contributed by atoms with Crippen molar-refractivity contribution >= 4 is 22.9 Å². The molecule has 1 N–H and O–H groups in total. The van der Waals surface area contributed by atoms with Gasteiger partial charge in [0.25, 0.3) is 0 Å². The normalized spacial score (nSPS) is 15.7. The molecule has 5 rings (SSSR count). The average Bonchev–Trinajstić information content (AvgIpc) is 3.53. The standard InChI is InChI=1S/C24H20N4OS/c1-17(29)28-22(23-13-8-14-30-23)15-21(25-28)20-16-27(19-11-6-3-7-12-19)26-24(20)18-9-4-2-5-10-18/h2-16,22,25H,1H3/t22-/m0/s1. The Bertz CT molecular complexity index is 1200. The minimum atomic E-state index is -0.138. The summed E-state index contributed by atoms with van der Waals surface area (Å²) >= 11 is 1.64. The third-order valence-corrected chi connectivity index (χ3v) is 6.03. The largest absolute Gasteiger partial charge is 0.295 e. The smallest absolute Gasteiger partial charge is 0.238 e. The number of nitrogens with zero attached hydrogens (tertiary/aromatic N) is 3. The number of amides is 1. The number of carbonyl (C=O) groups excluding carboxylic acids is 1. The van der Waals surface area contributed by atoms with Crippen LogP contribution in [0.5, 0.6) is 0 Å². The molecule has 5 nitrogen and oxygen atoms in total. The minimum absolute atomic E-state index is 0.0311. The summed E-state index contributed by atoms with van der Waals surface area (Å²) in [6, 6.07) is 24.1. The first-order valence-corrected chi connectivity index (χ1v) is 10.6. The molecule has 0 radical (unpaired) electrons. The molecule has 148 valence electrons. The summed E-state index contributed by atoms with van der Waals surface area (Å²) in [5.74, 6) is -0.0311. The van der Waals surface area contributed by atoms with Crippen molar-refractivity contribution in [2.75, 3.05) is 0 Å². The fourth-order valence-corrected chi connectivity index (χ4v) is 4.44. The lowest BCUT2D eigenvalue weighted by Crippen LogP contribution is -2.37. The van der Waals surface area contributed by atoms with Crippen LogP contribution in [0.4, 0.5) is 0 Å². The summed E-state index contributed by atoms with van der Waals surface area (Å²) in [5.41, 5.74) is 8.03. The van der Waals surface area contributed by atoms with E-state index in [1.165, 1.54) is 0 Å². The first kappa shape index (κ1) is 18.4. The van der Waals surface area contributed by atoms with Gasteiger partial charge in [-0.2, -0.15) is 5.10 Å². The molecule has 1 amide bonds. The van der Waals surface area contributed by atoms with E-state index in [2.05, 4.69) is 29.7 Å². The molecule has 6 heteroatoms. The van der Waals surface area contributed by atoms with Crippen molar-refractivity contribution in [1.29, 1.82) is 0 Å². The van der Waals surface area contributed by atoms with Crippen LogP contribution in [0, 0.1) is 0 Å². The van der Waals surface area contributed by atoms with Crippen molar-refractivity contribution in [3.63, 3.8) is 0 Å². The highest BCUT2D eigenvalue weighted by atomic mass is 32.1. The topological polar surface area (TPSA) is 50.2 Å². The van der Waals surface area contributed by atoms with E-state index in [1.807, 2.05) is 70.9 Å². The molecule has 1 atom stereocenters. The van der Waals surface area contributed by atoms with E-state index in [4.69, 9.17) is 5.10 Å². The first-order valence-electron chi connectivity index (χ1n) is 9.73. The molecular weight excluding hydrogens is 392 g/mol. The van der Waals surface area contributed by atoms with Crippen molar-refractivity contribution in [3.05, 3.63) is 101 Å². The summed E-state index contributed by atoms with van der Waals surface area (Å²) in [6.07, 6.45) is 4.12. The molecule has 0 unspecified atom stereocenters. The third kappa shape index (κ3) is 3.31. The van der Waals surface area contributed by atoms with Crippen LogP contribution in [0.25, 0.3) is 22.6 Å². The van der Waals surface area contributed by atoms with Crippen LogP contribution in [0.2, 0.25) is 0 Å². The number of thiophene rings is 1. The second-order valence-corrected chi connectivity index (χ2v) is 8.06. The average molecular weight is 413 g/mol. The second kappa shape index (κ2) is 7.65. The Hall–Kier alpha value is -3.64. The Balaban J connectivity index is 1.63. The number of rotatable bonds is 4. The SMILES string of the molecule is CC(=O)N1NC(c2cn(-c3ccccc3)nc2-c2ccccc2)=C[C@H]1c1cccs1. The van der Waals surface area contributed by atoms with Gasteiger partial charge in [-0.1, -0.05) is 54.6 Å². The molecule has 4 aromatic rings. The Kier molecular flexibility index (Phi) is 4.69. The van der Waals surface area contributed by atoms with Crippen LogP contribution >= 0.6 is 11.3 Å². The molecule has 0 aliphatic carbocycles. The number of hydrogen-bond acceptors (Lipinski definition) is 4. The zero-order valence-electron chi connectivity index (χ0n) is 16.4. The Labute approximate surface area is 178 Å². The van der Waals surface area contributed by atoms with Gasteiger partial charge in [0.2, 0.25) is 5.91 Å². The van der Waals surface area contributed by atoms with E-state index >= 15 is 0 Å². The predicted molar refractivity (Wildman–Crippen MR) is 120 cm³/mol. The molecule has 2 aromatic carbocycles. The van der Waals surface area contributed by atoms with Crippen molar-refractivity contribution < 1.29 is 4.79 Å². The number of hydrazine groups is 1. The third-order valence-electron chi connectivity index (χ3n) is 5.09. The molecule has 3 heterocycles. The van der Waals surface area contributed by atoms with Gasteiger partial charge in [-0.25, -0.2) is 9.69 Å². The fourth-order valence-electron chi connectivity index (χ4n) is 3.66. The van der Waals surface area contributed by atoms with Crippen molar-refractivity contribution in [1.82, 2.24) is 20.2 Å². The van der Waals surface area contributed by atoms with Gasteiger partial charge in [0.15, 0.2) is 0 Å². The van der Waals surface area contributed by atoms with Gasteiger partial charge in [-0.05, 0) is 29.7 Å². The molecule has 0 saturated heterocycles. The van der Waals surface area contributed by atoms with Crippen LogP contribution < -0.4 is 5.43 Å². The number of aromatic nitrogens is 2. The second-order valence-electron chi connectivity index (χ2n) is 7.08. The zero-order valence-corrected chi connectivity index (χ0v) is 17.2. The van der Waals surface area contributed by atoms with Gasteiger partial charge in [-0.3, -0.25) is 10.2 Å². The Morgan fingerprint density at radius 1 is 1.00 bits per heavy atom. The van der Waals surface area contributed by atoms with Gasteiger partial charge in [0.1, 0.15) is 11.7 Å². The molecule has 2 aromatic heterocycles. The van der Waals surface area contributed by atoms with E-state index in [0.29, 0.717) is 0 Å². The van der Waals surface area contributed by atoms with Crippen molar-refractivity contribution in [2.24, 2.45) is 0 Å². The summed E-state index contributed by atoms with van der Waals surface area (Å²) in [7, 11) is 0. The number of para-hydroxylation sites is 1. The van der Waals surface area contributed by atoms with Crippen molar-refractivity contribution in [2.45, 2.75) is 13.0 Å². The summed E-state index contributed by atoms with van der Waals surface area (Å²) in [6.45, 7) is 1.58. The van der Waals surface area contributed by atoms with E-state index in [0.717, 1.165) is 33.1 Å². The summed E-state index contributed by atoms with van der Waals surface area (Å²) < 4.78 is 1.89. The minimum Gasteiger partial charge on any atom is -0.295 e. The highest BCUT2D eigenvalue weighted by molar-refractivity contribution is 7.10.